The summed E-state index contributed by atoms with van der Waals surface area (Å²) in [5, 5.41) is 25.7. The monoisotopic (exact) mass is 666 g/mol. The van der Waals surface area contributed by atoms with Gasteiger partial charge in [-0.2, -0.15) is 10.5 Å². The maximum absolute atomic E-state index is 10.5. The number of nitrogens with zero attached hydrogens (tertiary/aromatic N) is 4. The standard InChI is InChI=1S/C48H34N4/c1-29-13-19-43-39(23-29)40-24-30(2)14-20-44(40)51(43)47-37(35-11-7-5-9-33(35)27-49)17-18-38(36-12-8-6-10-34(36)28-50)48(47)52-45-21-15-31(3)25-41(45)42-26-32(4)16-22-46(42)52/h5-26H,1-4H3. The Kier molecular flexibility index (Phi) is 7.11. The second kappa shape index (κ2) is 11.9. The van der Waals surface area contributed by atoms with Gasteiger partial charge in [-0.3, -0.25) is 0 Å². The van der Waals surface area contributed by atoms with Crippen LogP contribution < -0.4 is 0 Å². The van der Waals surface area contributed by atoms with Gasteiger partial charge in [-0.1, -0.05) is 95.1 Å². The number of aromatic nitrogens is 2. The zero-order chi connectivity index (χ0) is 35.7. The first-order chi connectivity index (χ1) is 25.4. The van der Waals surface area contributed by atoms with Crippen LogP contribution in [0.1, 0.15) is 33.4 Å². The number of benzene rings is 7. The molecule has 0 saturated heterocycles. The fourth-order valence-corrected chi connectivity index (χ4v) is 8.08. The van der Waals surface area contributed by atoms with Crippen LogP contribution in [0.25, 0.3) is 77.2 Å². The summed E-state index contributed by atoms with van der Waals surface area (Å²) >= 11 is 0. The molecule has 0 atom stereocenters. The Balaban J connectivity index is 1.60. The molecular weight excluding hydrogens is 633 g/mol. The molecule has 9 aromatic rings. The van der Waals surface area contributed by atoms with Gasteiger partial charge in [0.1, 0.15) is 0 Å². The van der Waals surface area contributed by atoms with Gasteiger partial charge in [-0.05, 0) is 88.4 Å². The van der Waals surface area contributed by atoms with E-state index in [-0.39, 0.29) is 0 Å². The minimum Gasteiger partial charge on any atom is -0.307 e. The molecule has 4 heteroatoms. The molecule has 0 aliphatic carbocycles. The van der Waals surface area contributed by atoms with Crippen molar-refractivity contribution >= 4 is 43.6 Å². The van der Waals surface area contributed by atoms with E-state index in [4.69, 9.17) is 0 Å². The first-order valence-corrected chi connectivity index (χ1v) is 17.6. The van der Waals surface area contributed by atoms with Crippen molar-refractivity contribution in [3.8, 4) is 45.8 Å². The topological polar surface area (TPSA) is 57.4 Å². The lowest BCUT2D eigenvalue weighted by molar-refractivity contribution is 1.10. The highest BCUT2D eigenvalue weighted by molar-refractivity contribution is 6.14. The van der Waals surface area contributed by atoms with Crippen LogP contribution in [0.4, 0.5) is 0 Å². The molecule has 4 nitrogen and oxygen atoms in total. The minimum atomic E-state index is 0.598. The summed E-state index contributed by atoms with van der Waals surface area (Å²) in [6.07, 6.45) is 0. The van der Waals surface area contributed by atoms with E-state index < -0.39 is 0 Å². The molecule has 0 amide bonds. The van der Waals surface area contributed by atoms with Gasteiger partial charge >= 0.3 is 0 Å². The van der Waals surface area contributed by atoms with Crippen molar-refractivity contribution in [1.29, 1.82) is 10.5 Å². The normalized spacial score (nSPS) is 11.4. The van der Waals surface area contributed by atoms with Gasteiger partial charge in [0, 0.05) is 43.8 Å². The first kappa shape index (κ1) is 31.1. The Labute approximate surface area is 302 Å². The fraction of sp³-hybridized carbons (Fsp3) is 0.0833. The van der Waals surface area contributed by atoms with Crippen molar-refractivity contribution in [1.82, 2.24) is 9.13 Å². The van der Waals surface area contributed by atoms with E-state index in [2.05, 4.69) is 134 Å². The van der Waals surface area contributed by atoms with Crippen molar-refractivity contribution in [2.75, 3.05) is 0 Å². The summed E-state index contributed by atoms with van der Waals surface area (Å²) in [5.41, 5.74) is 15.7. The molecule has 0 N–H and O–H groups in total. The first-order valence-electron chi connectivity index (χ1n) is 17.6. The van der Waals surface area contributed by atoms with Gasteiger partial charge in [-0.15, -0.1) is 0 Å². The van der Waals surface area contributed by atoms with Gasteiger partial charge in [0.2, 0.25) is 0 Å². The number of aryl methyl sites for hydroxylation is 4. The fourth-order valence-electron chi connectivity index (χ4n) is 8.08. The van der Waals surface area contributed by atoms with E-state index in [9.17, 15) is 10.5 Å². The van der Waals surface area contributed by atoms with Crippen LogP contribution in [0.15, 0.2) is 133 Å². The van der Waals surface area contributed by atoms with Crippen LogP contribution in [0.5, 0.6) is 0 Å². The van der Waals surface area contributed by atoms with Gasteiger partial charge in [0.05, 0.1) is 56.7 Å². The lowest BCUT2D eigenvalue weighted by atomic mass is 9.91. The smallest absolute Gasteiger partial charge is 0.0998 e. The van der Waals surface area contributed by atoms with Gasteiger partial charge in [0.15, 0.2) is 0 Å². The lowest BCUT2D eigenvalue weighted by Crippen LogP contribution is -2.08. The highest BCUT2D eigenvalue weighted by atomic mass is 15.1. The largest absolute Gasteiger partial charge is 0.307 e. The van der Waals surface area contributed by atoms with Crippen LogP contribution in [0, 0.1) is 50.4 Å². The van der Waals surface area contributed by atoms with E-state index >= 15 is 0 Å². The second-order valence-corrected chi connectivity index (χ2v) is 13.9. The Morgan fingerprint density at radius 3 is 0.981 bits per heavy atom. The predicted octanol–water partition coefficient (Wildman–Crippen LogP) is 12.2. The number of nitriles is 2. The summed E-state index contributed by atoms with van der Waals surface area (Å²) in [7, 11) is 0. The molecule has 0 unspecified atom stereocenters. The Bertz CT molecular complexity index is 2700. The minimum absolute atomic E-state index is 0.598. The molecule has 0 aliphatic rings. The van der Waals surface area contributed by atoms with E-state index in [1.807, 2.05) is 48.5 Å². The van der Waals surface area contributed by atoms with Crippen LogP contribution in [0.2, 0.25) is 0 Å². The van der Waals surface area contributed by atoms with E-state index in [1.165, 1.54) is 43.8 Å². The molecule has 0 fully saturated rings. The summed E-state index contributed by atoms with van der Waals surface area (Å²) in [6.45, 7) is 8.56. The van der Waals surface area contributed by atoms with Crippen molar-refractivity contribution in [2.24, 2.45) is 0 Å². The molecule has 7 aromatic carbocycles. The molecule has 52 heavy (non-hydrogen) atoms. The average molecular weight is 667 g/mol. The molecule has 0 spiro atoms. The summed E-state index contributed by atoms with van der Waals surface area (Å²) < 4.78 is 4.78. The third-order valence-corrected chi connectivity index (χ3v) is 10.4. The van der Waals surface area contributed by atoms with Crippen LogP contribution >= 0.6 is 0 Å². The van der Waals surface area contributed by atoms with Crippen molar-refractivity contribution < 1.29 is 0 Å². The van der Waals surface area contributed by atoms with Crippen molar-refractivity contribution in [3.63, 3.8) is 0 Å². The van der Waals surface area contributed by atoms with E-state index in [0.717, 1.165) is 55.7 Å². The maximum Gasteiger partial charge on any atom is 0.0998 e. The summed E-state index contributed by atoms with van der Waals surface area (Å²) in [6, 6.07) is 51.7. The van der Waals surface area contributed by atoms with E-state index in [1.54, 1.807) is 0 Å². The molecule has 2 aromatic heterocycles. The summed E-state index contributed by atoms with van der Waals surface area (Å²) in [4.78, 5) is 0. The highest BCUT2D eigenvalue weighted by Gasteiger charge is 2.27. The quantitative estimate of drug-likeness (QED) is 0.188. The highest BCUT2D eigenvalue weighted by Crippen LogP contribution is 2.47. The Morgan fingerprint density at radius 1 is 0.365 bits per heavy atom. The Morgan fingerprint density at radius 2 is 0.673 bits per heavy atom. The van der Waals surface area contributed by atoms with Crippen LogP contribution in [0.3, 0.4) is 0 Å². The lowest BCUT2D eigenvalue weighted by Gasteiger charge is -2.24. The molecule has 246 valence electrons. The second-order valence-electron chi connectivity index (χ2n) is 13.9. The maximum atomic E-state index is 10.5. The number of rotatable bonds is 4. The molecule has 9 rings (SSSR count). The van der Waals surface area contributed by atoms with Crippen LogP contribution in [-0.4, -0.2) is 9.13 Å². The molecule has 0 bridgehead atoms. The SMILES string of the molecule is Cc1ccc2c(c1)c1cc(C)ccc1n2-c1c(-c2ccccc2C#N)ccc(-c2ccccc2C#N)c1-n1c2ccc(C)cc2c2cc(C)ccc21. The van der Waals surface area contributed by atoms with Crippen molar-refractivity contribution in [3.05, 3.63) is 167 Å². The predicted molar refractivity (Wildman–Crippen MR) is 214 cm³/mol. The van der Waals surface area contributed by atoms with E-state index in [0.29, 0.717) is 11.1 Å². The van der Waals surface area contributed by atoms with Gasteiger partial charge in [-0.25, -0.2) is 0 Å². The molecule has 2 heterocycles. The third kappa shape index (κ3) is 4.66. The number of hydrogen-bond donors (Lipinski definition) is 0. The van der Waals surface area contributed by atoms with Crippen molar-refractivity contribution in [2.45, 2.75) is 27.7 Å². The zero-order valence-electron chi connectivity index (χ0n) is 29.5. The molecular formula is C48H34N4. The van der Waals surface area contributed by atoms with Gasteiger partial charge < -0.3 is 9.13 Å². The molecule has 0 saturated carbocycles. The third-order valence-electron chi connectivity index (χ3n) is 10.4. The average Bonchev–Trinajstić information content (AvgIpc) is 3.64. The molecule has 0 radical (unpaired) electrons. The van der Waals surface area contributed by atoms with Crippen LogP contribution in [-0.2, 0) is 0 Å². The van der Waals surface area contributed by atoms with Gasteiger partial charge in [0.25, 0.3) is 0 Å². The zero-order valence-corrected chi connectivity index (χ0v) is 29.5. The Hall–Kier alpha value is -6.88. The molecule has 0 aliphatic heterocycles. The number of fused-ring (bicyclic) bond motifs is 6. The summed E-state index contributed by atoms with van der Waals surface area (Å²) in [5.74, 6) is 0. The number of hydrogen-bond acceptors (Lipinski definition) is 2.